The van der Waals surface area contributed by atoms with E-state index in [0.29, 0.717) is 32.2 Å². The maximum atomic E-state index is 12.5. The summed E-state index contributed by atoms with van der Waals surface area (Å²) in [5.41, 5.74) is 0. The highest BCUT2D eigenvalue weighted by atomic mass is 32.2. The summed E-state index contributed by atoms with van der Waals surface area (Å²) in [4.78, 5) is 121. The van der Waals surface area contributed by atoms with Gasteiger partial charge in [-0.15, -0.1) is 10.2 Å². The number of carboxylic acid groups (broad SMARTS) is 3. The number of rotatable bonds is 59. The molecule has 1 aromatic rings. The van der Waals surface area contributed by atoms with E-state index in [4.69, 9.17) is 18.9 Å². The number of nitrogens with zero attached hydrogens (tertiary/aromatic N) is 3. The molecule has 0 aliphatic carbocycles. The fourth-order valence-electron chi connectivity index (χ4n) is 8.67. The number of nitrogens with one attached hydrogen (secondary N) is 5. The van der Waals surface area contributed by atoms with E-state index in [-0.39, 0.29) is 140 Å². The van der Waals surface area contributed by atoms with Crippen LogP contribution in [0.15, 0.2) is 0 Å². The number of ketones is 3. The van der Waals surface area contributed by atoms with Crippen LogP contribution in [-0.2, 0) is 83.2 Å². The number of aromatic nitrogens is 4. The summed E-state index contributed by atoms with van der Waals surface area (Å²) in [7, 11) is -3.34. The van der Waals surface area contributed by atoms with E-state index in [9.17, 15) is 71.7 Å². The molecule has 0 saturated carbocycles. The van der Waals surface area contributed by atoms with E-state index in [1.807, 2.05) is 6.92 Å². The van der Waals surface area contributed by atoms with Crippen LogP contribution in [0.4, 0.5) is 0 Å². The lowest BCUT2D eigenvalue weighted by Crippen LogP contribution is -2.42. The molecule has 1 rings (SSSR count). The molecule has 0 aliphatic rings. The van der Waals surface area contributed by atoms with Crippen LogP contribution in [0.3, 0.4) is 0 Å². The monoisotopic (exact) mass is 1230 g/mol. The van der Waals surface area contributed by atoms with Crippen LogP contribution >= 0.6 is 0 Å². The van der Waals surface area contributed by atoms with Gasteiger partial charge in [-0.25, -0.2) is 18.0 Å². The first-order chi connectivity index (χ1) is 40.7. The van der Waals surface area contributed by atoms with Crippen molar-refractivity contribution < 1.29 is 90.6 Å². The standard InChI is InChI=1S/C57H98N8O19S/c1-43(44(2)66)20-15-16-30-58-51(69)29-27-49(57(77)78)61-53(71)28-24-45(55(73)74)40-47(68)41-83-36-35-82-33-31-59-54(72)42-84-37-34-81-32-18-21-46(67)25-26-48(56(75)76)60-52(70)23-19-39-85(79,80)38-17-13-11-9-7-5-3-4-6-8-10-12-14-22-50-62-64-65-63-50/h43,45,48-49H,3-42H2,1-2H3,(H,58,69)(H,59,72)(H,60,70)(H,61,71)(H,73,74)(H,75,76)(H,77,78)(H,62,63,64,65)/t43-,45+,48-,49-/m0/s1. The molecule has 0 unspecified atom stereocenters. The summed E-state index contributed by atoms with van der Waals surface area (Å²) >= 11 is 0. The quantitative estimate of drug-likeness (QED) is 0.0424. The number of ether oxygens (including phenoxy) is 4. The maximum Gasteiger partial charge on any atom is 0.326 e. The summed E-state index contributed by atoms with van der Waals surface area (Å²) in [6, 6.07) is -2.67. The van der Waals surface area contributed by atoms with Crippen LogP contribution in [0, 0.1) is 11.8 Å². The topological polar surface area (TPSA) is 405 Å². The average Bonchev–Trinajstić information content (AvgIpc) is 3.99. The van der Waals surface area contributed by atoms with Gasteiger partial charge in [-0.2, -0.15) is 5.21 Å². The molecular weight excluding hydrogens is 1130 g/mol. The molecule has 1 heterocycles. The van der Waals surface area contributed by atoms with Crippen LogP contribution in [0.1, 0.15) is 193 Å². The number of carboxylic acids is 3. The molecule has 0 radical (unpaired) electrons. The van der Waals surface area contributed by atoms with Crippen LogP contribution in [0.2, 0.25) is 0 Å². The molecular formula is C57H98N8O19S. The number of hydrogen-bond donors (Lipinski definition) is 8. The fraction of sp³-hybridized carbons (Fsp3) is 0.807. The van der Waals surface area contributed by atoms with E-state index in [0.717, 1.165) is 50.8 Å². The van der Waals surface area contributed by atoms with Crippen molar-refractivity contribution in [2.75, 3.05) is 77.5 Å². The summed E-state index contributed by atoms with van der Waals surface area (Å²) in [5, 5.41) is 52.7. The highest BCUT2D eigenvalue weighted by Crippen LogP contribution is 2.16. The number of unbranched alkanes of at least 4 members (excludes halogenated alkanes) is 13. The number of carbonyl (C=O) groups is 10. The van der Waals surface area contributed by atoms with Gasteiger partial charge < -0.3 is 55.5 Å². The van der Waals surface area contributed by atoms with Crippen molar-refractivity contribution in [2.24, 2.45) is 11.8 Å². The molecule has 0 spiro atoms. The zero-order chi connectivity index (χ0) is 62.9. The summed E-state index contributed by atoms with van der Waals surface area (Å²) in [5.74, 6) is -7.39. The van der Waals surface area contributed by atoms with Crippen LogP contribution in [0.5, 0.6) is 0 Å². The minimum atomic E-state index is -3.34. The molecule has 8 N–H and O–H groups in total. The van der Waals surface area contributed by atoms with Gasteiger partial charge in [0.2, 0.25) is 23.6 Å². The van der Waals surface area contributed by atoms with Gasteiger partial charge in [0, 0.05) is 70.6 Å². The van der Waals surface area contributed by atoms with Gasteiger partial charge in [0.25, 0.3) is 0 Å². The minimum absolute atomic E-state index is 0.00764. The molecule has 27 nitrogen and oxygen atoms in total. The molecule has 4 amide bonds. The first kappa shape index (κ1) is 77.2. The van der Waals surface area contributed by atoms with Crippen molar-refractivity contribution in [3.63, 3.8) is 0 Å². The molecule has 0 fully saturated rings. The van der Waals surface area contributed by atoms with Gasteiger partial charge in [0.1, 0.15) is 46.7 Å². The second kappa shape index (κ2) is 49.3. The lowest BCUT2D eigenvalue weighted by Gasteiger charge is -2.16. The van der Waals surface area contributed by atoms with E-state index in [1.54, 1.807) is 0 Å². The Kier molecular flexibility index (Phi) is 44.8. The first-order valence-electron chi connectivity index (χ1n) is 30.3. The molecule has 4 atom stereocenters. The van der Waals surface area contributed by atoms with Crippen molar-refractivity contribution in [1.82, 2.24) is 41.9 Å². The minimum Gasteiger partial charge on any atom is -0.481 e. The Labute approximate surface area is 500 Å². The number of tetrazole rings is 1. The highest BCUT2D eigenvalue weighted by Gasteiger charge is 2.26. The van der Waals surface area contributed by atoms with Crippen LogP contribution in [0.25, 0.3) is 0 Å². The third kappa shape index (κ3) is 45.2. The SMILES string of the molecule is CC(=O)[C@@H](C)CCCCNC(=O)CC[C@H](NC(=O)CC[C@H](CC(=O)COCCOCCNC(=O)COCCOCCCC(=O)CC[C@H](NC(=O)CCCS(=O)(=O)CCCCCCCCCCCCCCCc1nn[nH]n1)C(=O)O)C(=O)O)C(=O)O. The van der Waals surface area contributed by atoms with Gasteiger partial charge in [-0.05, 0) is 64.7 Å². The van der Waals surface area contributed by atoms with Gasteiger partial charge in [-0.1, -0.05) is 89.2 Å². The molecule has 1 aromatic heterocycles. The molecule has 28 heteroatoms. The highest BCUT2D eigenvalue weighted by molar-refractivity contribution is 7.91. The lowest BCUT2D eigenvalue weighted by molar-refractivity contribution is -0.145. The lowest BCUT2D eigenvalue weighted by atomic mass is 9.97. The second-order valence-corrected chi connectivity index (χ2v) is 23.7. The number of hydrogen-bond acceptors (Lipinski definition) is 19. The summed E-state index contributed by atoms with van der Waals surface area (Å²) in [6.45, 7) is 3.83. The second-order valence-electron chi connectivity index (χ2n) is 21.4. The average molecular weight is 1230 g/mol. The van der Waals surface area contributed by atoms with Crippen molar-refractivity contribution in [1.29, 1.82) is 0 Å². The number of aliphatic carboxylic acids is 3. The van der Waals surface area contributed by atoms with E-state index >= 15 is 0 Å². The molecule has 0 aliphatic heterocycles. The zero-order valence-corrected chi connectivity index (χ0v) is 51.0. The van der Waals surface area contributed by atoms with Crippen molar-refractivity contribution in [2.45, 2.75) is 206 Å². The van der Waals surface area contributed by atoms with Crippen LogP contribution in [-0.4, -0.2) is 193 Å². The Morgan fingerprint density at radius 2 is 1.02 bits per heavy atom. The first-order valence-corrected chi connectivity index (χ1v) is 32.1. The molecule has 85 heavy (non-hydrogen) atoms. The predicted molar refractivity (Wildman–Crippen MR) is 311 cm³/mol. The Balaban J connectivity index is 2.05. The van der Waals surface area contributed by atoms with E-state index in [1.165, 1.54) is 51.9 Å². The number of H-pyrrole nitrogens is 1. The summed E-state index contributed by atoms with van der Waals surface area (Å²) in [6.07, 6.45) is 15.9. The number of sulfone groups is 1. The van der Waals surface area contributed by atoms with E-state index in [2.05, 4.69) is 41.9 Å². The molecule has 0 aromatic carbocycles. The van der Waals surface area contributed by atoms with Gasteiger partial charge >= 0.3 is 17.9 Å². The molecule has 0 saturated heterocycles. The van der Waals surface area contributed by atoms with Crippen molar-refractivity contribution in [3.05, 3.63) is 5.82 Å². The third-order valence-corrected chi connectivity index (χ3v) is 15.7. The largest absolute Gasteiger partial charge is 0.481 e. The van der Waals surface area contributed by atoms with Gasteiger partial charge in [-0.3, -0.25) is 38.4 Å². The zero-order valence-electron chi connectivity index (χ0n) is 50.2. The molecule has 486 valence electrons. The fourth-order valence-corrected chi connectivity index (χ4v) is 10.1. The van der Waals surface area contributed by atoms with Crippen molar-refractivity contribution in [3.8, 4) is 0 Å². The Morgan fingerprint density at radius 1 is 0.494 bits per heavy atom. The number of carbonyl (C=O) groups excluding carboxylic acids is 7. The van der Waals surface area contributed by atoms with Crippen molar-refractivity contribution >= 4 is 68.7 Å². The number of aryl methyl sites for hydroxylation is 1. The predicted octanol–water partition coefficient (Wildman–Crippen LogP) is 4.19. The Morgan fingerprint density at radius 3 is 1.61 bits per heavy atom. The Bertz CT molecular complexity index is 2200. The van der Waals surface area contributed by atoms with Gasteiger partial charge in [0.05, 0.1) is 50.5 Å². The van der Waals surface area contributed by atoms with Crippen LogP contribution < -0.4 is 21.3 Å². The Hall–Kier alpha value is -5.84. The summed E-state index contributed by atoms with van der Waals surface area (Å²) < 4.78 is 46.4. The molecule has 0 bridgehead atoms. The normalized spacial score (nSPS) is 12.8. The number of aromatic amines is 1. The third-order valence-electron chi connectivity index (χ3n) is 13.9. The van der Waals surface area contributed by atoms with E-state index < -0.39 is 88.2 Å². The maximum absolute atomic E-state index is 12.5. The smallest absolute Gasteiger partial charge is 0.326 e. The number of amides is 4. The number of Topliss-reactive ketones (excluding diaryl/α,β-unsaturated/α-hetero) is 3. The van der Waals surface area contributed by atoms with Gasteiger partial charge in [0.15, 0.2) is 11.6 Å².